The van der Waals surface area contributed by atoms with Crippen molar-refractivity contribution in [3.8, 4) is 16.2 Å². The van der Waals surface area contributed by atoms with E-state index >= 15 is 0 Å². The topological polar surface area (TPSA) is 134 Å². The molecule has 43 heavy (non-hydrogen) atoms. The summed E-state index contributed by atoms with van der Waals surface area (Å²) >= 11 is 1.59. The number of aromatic nitrogens is 4. The first-order valence-corrected chi connectivity index (χ1v) is 16.2. The van der Waals surface area contributed by atoms with Gasteiger partial charge in [-0.15, -0.1) is 16.4 Å². The van der Waals surface area contributed by atoms with Crippen molar-refractivity contribution in [2.24, 2.45) is 5.92 Å². The van der Waals surface area contributed by atoms with Gasteiger partial charge in [0.15, 0.2) is 0 Å². The van der Waals surface area contributed by atoms with E-state index in [4.69, 9.17) is 4.74 Å². The molecule has 1 aromatic carbocycles. The van der Waals surface area contributed by atoms with Crippen molar-refractivity contribution >= 4 is 23.2 Å². The number of hydrogen-bond acceptors (Lipinski definition) is 9. The summed E-state index contributed by atoms with van der Waals surface area (Å²) < 4.78 is 8.14. The second-order valence-corrected chi connectivity index (χ2v) is 13.2. The standard InChI is InChI=1S/C31H41N7O4S/c1-18(2)28(38-16-25(35-36-38)20-4-5-20)31(41)37-15-23(39)13-26(37)30(40)33-14-22-7-6-21(29-19(3)34-17-43-29)12-27(22)42-24-8-10-32-11-9-24/h6-7,12,16-18,20,23-24,26,28,32,39H,4-5,8-11,13-15H2,1-3H3,(H,33,40). The second-order valence-electron chi connectivity index (χ2n) is 12.4. The van der Waals surface area contributed by atoms with Crippen LogP contribution in [0.5, 0.6) is 5.75 Å². The van der Waals surface area contributed by atoms with Crippen LogP contribution in [0.4, 0.5) is 0 Å². The van der Waals surface area contributed by atoms with E-state index in [1.54, 1.807) is 16.0 Å². The molecule has 0 spiro atoms. The van der Waals surface area contributed by atoms with E-state index in [9.17, 15) is 14.7 Å². The van der Waals surface area contributed by atoms with Crippen LogP contribution in [-0.4, -0.2) is 79.7 Å². The Morgan fingerprint density at radius 2 is 2.00 bits per heavy atom. The van der Waals surface area contributed by atoms with E-state index in [2.05, 4.69) is 25.9 Å². The van der Waals surface area contributed by atoms with Crippen LogP contribution in [0.15, 0.2) is 29.9 Å². The molecule has 230 valence electrons. The molecule has 3 N–H and O–H groups in total. The van der Waals surface area contributed by atoms with Crippen LogP contribution in [0.3, 0.4) is 0 Å². The predicted octanol–water partition coefficient (Wildman–Crippen LogP) is 3.19. The lowest BCUT2D eigenvalue weighted by atomic mass is 10.0. The SMILES string of the molecule is Cc1ncsc1-c1ccc(CNC(=O)C2CC(O)CN2C(=O)C(C(C)C)n2cc(C3CC3)nn2)c(OC2CCNCC2)c1. The highest BCUT2D eigenvalue weighted by Crippen LogP contribution is 2.39. The van der Waals surface area contributed by atoms with Crippen LogP contribution in [0.2, 0.25) is 0 Å². The largest absolute Gasteiger partial charge is 0.490 e. The van der Waals surface area contributed by atoms with Crippen molar-refractivity contribution in [2.75, 3.05) is 19.6 Å². The van der Waals surface area contributed by atoms with Crippen LogP contribution < -0.4 is 15.4 Å². The zero-order chi connectivity index (χ0) is 30.1. The summed E-state index contributed by atoms with van der Waals surface area (Å²) in [5.74, 6) is 0.582. The van der Waals surface area contributed by atoms with Crippen molar-refractivity contribution in [1.82, 2.24) is 35.5 Å². The Kier molecular flexibility index (Phi) is 8.78. The summed E-state index contributed by atoms with van der Waals surface area (Å²) in [5.41, 5.74) is 5.62. The third-order valence-corrected chi connectivity index (χ3v) is 9.64. The molecule has 2 amide bonds. The predicted molar refractivity (Wildman–Crippen MR) is 163 cm³/mol. The fourth-order valence-corrected chi connectivity index (χ4v) is 6.90. The van der Waals surface area contributed by atoms with Gasteiger partial charge in [-0.3, -0.25) is 9.59 Å². The number of nitrogens with one attached hydrogen (secondary N) is 2. The smallest absolute Gasteiger partial charge is 0.248 e. The van der Waals surface area contributed by atoms with E-state index < -0.39 is 18.2 Å². The average Bonchev–Trinajstić information content (AvgIpc) is 3.36. The molecule has 3 unspecified atom stereocenters. The fourth-order valence-electron chi connectivity index (χ4n) is 6.10. The first-order chi connectivity index (χ1) is 20.8. The first kappa shape index (κ1) is 29.7. The quantitative estimate of drug-likeness (QED) is 0.320. The van der Waals surface area contributed by atoms with Crippen molar-refractivity contribution in [3.63, 3.8) is 0 Å². The van der Waals surface area contributed by atoms with Crippen molar-refractivity contribution < 1.29 is 19.4 Å². The van der Waals surface area contributed by atoms with Crippen molar-refractivity contribution in [3.05, 3.63) is 46.9 Å². The number of benzene rings is 1. The van der Waals surface area contributed by atoms with Gasteiger partial charge in [0.25, 0.3) is 0 Å². The maximum atomic E-state index is 13.9. The minimum atomic E-state index is -0.775. The third kappa shape index (κ3) is 6.61. The number of likely N-dealkylation sites (tertiary alicyclic amines) is 1. The molecule has 4 heterocycles. The van der Waals surface area contributed by atoms with Gasteiger partial charge in [-0.2, -0.15) is 0 Å². The molecule has 1 aliphatic carbocycles. The lowest BCUT2D eigenvalue weighted by Crippen LogP contribution is -2.49. The Labute approximate surface area is 256 Å². The Hall–Kier alpha value is -3.35. The lowest BCUT2D eigenvalue weighted by molar-refractivity contribution is -0.142. The molecule has 11 nitrogen and oxygen atoms in total. The van der Waals surface area contributed by atoms with Gasteiger partial charge in [0, 0.05) is 37.2 Å². The van der Waals surface area contributed by atoms with E-state index in [1.165, 1.54) is 4.90 Å². The number of aliphatic hydroxyl groups excluding tert-OH is 1. The molecule has 0 radical (unpaired) electrons. The third-order valence-electron chi connectivity index (χ3n) is 8.67. The number of hydrogen-bond donors (Lipinski definition) is 3. The van der Waals surface area contributed by atoms with Crippen LogP contribution >= 0.6 is 11.3 Å². The van der Waals surface area contributed by atoms with Gasteiger partial charge in [-0.05, 0) is 63.2 Å². The maximum absolute atomic E-state index is 13.9. The van der Waals surface area contributed by atoms with Crippen LogP contribution in [0.1, 0.15) is 74.9 Å². The molecule has 2 aliphatic heterocycles. The summed E-state index contributed by atoms with van der Waals surface area (Å²) in [4.78, 5) is 34.5. The monoisotopic (exact) mass is 607 g/mol. The number of amides is 2. The van der Waals surface area contributed by atoms with Gasteiger partial charge in [-0.1, -0.05) is 31.2 Å². The number of ether oxygens (including phenoxy) is 1. The van der Waals surface area contributed by atoms with Gasteiger partial charge < -0.3 is 25.4 Å². The lowest BCUT2D eigenvalue weighted by Gasteiger charge is -2.30. The summed E-state index contributed by atoms with van der Waals surface area (Å²) in [6.45, 7) is 8.09. The van der Waals surface area contributed by atoms with Gasteiger partial charge >= 0.3 is 0 Å². The van der Waals surface area contributed by atoms with E-state index in [0.717, 1.165) is 71.9 Å². The fraction of sp³-hybridized carbons (Fsp3) is 0.581. The number of rotatable bonds is 10. The number of piperidine rings is 1. The van der Waals surface area contributed by atoms with Gasteiger partial charge in [-0.25, -0.2) is 9.67 Å². The number of β-amino-alcohol motifs (C(OH)–C–C–N with tert-alkyl or cyclic N) is 1. The highest BCUT2D eigenvalue weighted by molar-refractivity contribution is 7.13. The molecule has 1 saturated carbocycles. The molecular formula is C31H41N7O4S. The number of nitrogens with zero attached hydrogens (tertiary/aromatic N) is 5. The molecule has 3 fully saturated rings. The molecule has 2 saturated heterocycles. The van der Waals surface area contributed by atoms with Gasteiger partial charge in [0.05, 0.1) is 27.9 Å². The zero-order valence-corrected chi connectivity index (χ0v) is 25.8. The van der Waals surface area contributed by atoms with Crippen LogP contribution in [0.25, 0.3) is 10.4 Å². The van der Waals surface area contributed by atoms with Crippen LogP contribution in [-0.2, 0) is 16.1 Å². The first-order valence-electron chi connectivity index (χ1n) is 15.4. The van der Waals surface area contributed by atoms with Gasteiger partial charge in [0.1, 0.15) is 23.9 Å². The van der Waals surface area contributed by atoms with Crippen molar-refractivity contribution in [1.29, 1.82) is 0 Å². The Morgan fingerprint density at radius 3 is 2.70 bits per heavy atom. The average molecular weight is 608 g/mol. The van der Waals surface area contributed by atoms with E-state index in [1.807, 2.05) is 50.7 Å². The van der Waals surface area contributed by atoms with E-state index in [0.29, 0.717) is 5.92 Å². The Morgan fingerprint density at radius 1 is 1.21 bits per heavy atom. The normalized spacial score (nSPS) is 21.7. The number of aliphatic hydroxyl groups is 1. The molecule has 0 bridgehead atoms. The highest BCUT2D eigenvalue weighted by atomic mass is 32.1. The summed E-state index contributed by atoms with van der Waals surface area (Å²) in [7, 11) is 0. The maximum Gasteiger partial charge on any atom is 0.248 e. The molecule has 2 aromatic heterocycles. The van der Waals surface area contributed by atoms with Gasteiger partial charge in [0.2, 0.25) is 11.8 Å². The molecule has 12 heteroatoms. The summed E-state index contributed by atoms with van der Waals surface area (Å²) in [6.07, 6.45) is 5.39. The number of thiazole rings is 1. The zero-order valence-electron chi connectivity index (χ0n) is 25.0. The second kappa shape index (κ2) is 12.7. The Bertz CT molecular complexity index is 1450. The summed E-state index contributed by atoms with van der Waals surface area (Å²) in [6, 6.07) is 4.69. The molecular weight excluding hydrogens is 566 g/mol. The molecule has 3 aliphatic rings. The van der Waals surface area contributed by atoms with E-state index in [-0.39, 0.29) is 43.3 Å². The van der Waals surface area contributed by atoms with Crippen LogP contribution in [0, 0.1) is 12.8 Å². The molecule has 3 atom stereocenters. The van der Waals surface area contributed by atoms with Crippen molar-refractivity contribution in [2.45, 2.75) is 89.6 Å². The Balaban J connectivity index is 1.18. The molecule has 3 aromatic rings. The highest BCUT2D eigenvalue weighted by Gasteiger charge is 2.43. The number of carbonyl (C=O) groups excluding carboxylic acids is 2. The minimum Gasteiger partial charge on any atom is -0.490 e. The summed E-state index contributed by atoms with van der Waals surface area (Å²) in [5, 5.41) is 25.6. The molecule has 6 rings (SSSR count). The number of carbonyl (C=O) groups is 2. The minimum absolute atomic E-state index is 0.0712. The number of aryl methyl sites for hydroxylation is 1.